The Bertz CT molecular complexity index is 1280. The van der Waals surface area contributed by atoms with E-state index in [0.717, 1.165) is 25.5 Å². The molecule has 29 heavy (non-hydrogen) atoms. The third kappa shape index (κ3) is 3.05. The molecular weight excluding hydrogens is 373 g/mol. The Morgan fingerprint density at radius 3 is 2.86 bits per heavy atom. The topological polar surface area (TPSA) is 66.9 Å². The minimum Gasteiger partial charge on any atom is -0.403 e. The van der Waals surface area contributed by atoms with Crippen LogP contribution >= 0.6 is 0 Å². The van der Waals surface area contributed by atoms with Gasteiger partial charge in [0, 0.05) is 43.5 Å². The highest BCUT2D eigenvalue weighted by atomic mass is 19.1. The highest BCUT2D eigenvalue weighted by Crippen LogP contribution is 2.24. The van der Waals surface area contributed by atoms with Gasteiger partial charge in [-0.1, -0.05) is 0 Å². The van der Waals surface area contributed by atoms with Crippen LogP contribution in [0.1, 0.15) is 6.92 Å². The third-order valence-corrected chi connectivity index (χ3v) is 5.42. The number of likely N-dealkylation sites (N-methyl/N-ethyl adjacent to an activating group) is 1. The van der Waals surface area contributed by atoms with Gasteiger partial charge >= 0.3 is 5.63 Å². The summed E-state index contributed by atoms with van der Waals surface area (Å²) in [6, 6.07) is 8.77. The van der Waals surface area contributed by atoms with Gasteiger partial charge in [0.05, 0.1) is 11.3 Å². The van der Waals surface area contributed by atoms with E-state index in [2.05, 4.69) is 33.7 Å². The molecule has 4 aromatic rings. The molecule has 1 aliphatic rings. The van der Waals surface area contributed by atoms with E-state index >= 15 is 0 Å². The molecule has 5 rings (SSSR count). The van der Waals surface area contributed by atoms with E-state index < -0.39 is 11.4 Å². The van der Waals surface area contributed by atoms with Gasteiger partial charge in [-0.25, -0.2) is 14.2 Å². The van der Waals surface area contributed by atoms with Crippen molar-refractivity contribution in [1.82, 2.24) is 19.3 Å². The molecule has 1 unspecified atom stereocenters. The molecule has 1 saturated heterocycles. The molecule has 1 fully saturated rings. The average molecular weight is 393 g/mol. The lowest BCUT2D eigenvalue weighted by Gasteiger charge is -2.38. The molecule has 0 N–H and O–H groups in total. The summed E-state index contributed by atoms with van der Waals surface area (Å²) in [4.78, 5) is 26.0. The number of pyridine rings is 2. The molecule has 148 valence electrons. The van der Waals surface area contributed by atoms with E-state index in [4.69, 9.17) is 4.42 Å². The van der Waals surface area contributed by atoms with Crippen molar-refractivity contribution in [2.75, 3.05) is 31.6 Å². The number of rotatable bonds is 2. The van der Waals surface area contributed by atoms with Crippen molar-refractivity contribution in [1.29, 1.82) is 0 Å². The van der Waals surface area contributed by atoms with Gasteiger partial charge in [-0.2, -0.15) is 4.98 Å². The summed E-state index contributed by atoms with van der Waals surface area (Å²) in [6.45, 7) is 4.93. The number of imidazole rings is 1. The summed E-state index contributed by atoms with van der Waals surface area (Å²) >= 11 is 0. The van der Waals surface area contributed by atoms with E-state index in [1.807, 2.05) is 12.1 Å². The molecule has 8 heteroatoms. The summed E-state index contributed by atoms with van der Waals surface area (Å²) in [5.74, 6) is 0.348. The summed E-state index contributed by atoms with van der Waals surface area (Å²) in [5, 5.41) is 0.697. The predicted octanol–water partition coefficient (Wildman–Crippen LogP) is 2.78. The fraction of sp³-hybridized carbons (Fsp3) is 0.286. The van der Waals surface area contributed by atoms with Crippen molar-refractivity contribution in [3.63, 3.8) is 0 Å². The van der Waals surface area contributed by atoms with E-state index in [-0.39, 0.29) is 16.9 Å². The number of hydrogen-bond acceptors (Lipinski definition) is 6. The van der Waals surface area contributed by atoms with Gasteiger partial charge in [-0.15, -0.1) is 0 Å². The first-order valence-corrected chi connectivity index (χ1v) is 9.53. The SMILES string of the molecule is CC1CN(C)CCN1c1ccc2cc(-c3cn4cccc(F)c4n3)c(=O)oc2n1. The molecule has 0 radical (unpaired) electrons. The number of halogens is 1. The number of aromatic nitrogens is 3. The molecule has 0 aliphatic carbocycles. The zero-order valence-corrected chi connectivity index (χ0v) is 16.2. The lowest BCUT2D eigenvalue weighted by Crippen LogP contribution is -2.50. The van der Waals surface area contributed by atoms with E-state index in [0.29, 0.717) is 17.1 Å². The molecule has 7 nitrogen and oxygen atoms in total. The maximum atomic E-state index is 13.9. The lowest BCUT2D eigenvalue weighted by molar-refractivity contribution is 0.274. The maximum Gasteiger partial charge on any atom is 0.347 e. The van der Waals surface area contributed by atoms with Crippen LogP contribution in [0.15, 0.2) is 51.9 Å². The zero-order chi connectivity index (χ0) is 20.1. The molecule has 1 atom stereocenters. The molecular formula is C21H20FN5O2. The summed E-state index contributed by atoms with van der Waals surface area (Å²) in [5.41, 5.74) is 0.555. The third-order valence-electron chi connectivity index (χ3n) is 5.42. The number of fused-ring (bicyclic) bond motifs is 2. The fourth-order valence-electron chi connectivity index (χ4n) is 3.92. The first-order valence-electron chi connectivity index (χ1n) is 9.53. The minimum absolute atomic E-state index is 0.166. The Labute approximate surface area is 166 Å². The number of anilines is 1. The normalized spacial score (nSPS) is 18.0. The number of piperazine rings is 1. The first kappa shape index (κ1) is 17.8. The second-order valence-corrected chi connectivity index (χ2v) is 7.53. The Morgan fingerprint density at radius 2 is 2.07 bits per heavy atom. The molecule has 0 amide bonds. The van der Waals surface area contributed by atoms with Crippen molar-refractivity contribution in [2.24, 2.45) is 0 Å². The maximum absolute atomic E-state index is 13.9. The van der Waals surface area contributed by atoms with Crippen LogP contribution in [0.5, 0.6) is 0 Å². The van der Waals surface area contributed by atoms with Crippen LogP contribution in [0.3, 0.4) is 0 Å². The van der Waals surface area contributed by atoms with Gasteiger partial charge in [0.25, 0.3) is 0 Å². The van der Waals surface area contributed by atoms with Crippen LogP contribution < -0.4 is 10.5 Å². The Balaban J connectivity index is 1.56. The average Bonchev–Trinajstić information content (AvgIpc) is 3.12. The summed E-state index contributed by atoms with van der Waals surface area (Å²) in [6.07, 6.45) is 3.30. The highest BCUT2D eigenvalue weighted by molar-refractivity contribution is 5.80. The number of hydrogen-bond donors (Lipinski definition) is 0. The summed E-state index contributed by atoms with van der Waals surface area (Å²) in [7, 11) is 2.10. The minimum atomic E-state index is -0.544. The smallest absolute Gasteiger partial charge is 0.347 e. The van der Waals surface area contributed by atoms with Crippen LogP contribution in [-0.2, 0) is 0 Å². The van der Waals surface area contributed by atoms with E-state index in [1.54, 1.807) is 28.9 Å². The van der Waals surface area contributed by atoms with Gasteiger partial charge in [0.2, 0.25) is 5.71 Å². The zero-order valence-electron chi connectivity index (χ0n) is 16.2. The Morgan fingerprint density at radius 1 is 1.21 bits per heavy atom. The molecule has 0 saturated carbocycles. The van der Waals surface area contributed by atoms with Crippen LogP contribution in [0.4, 0.5) is 10.2 Å². The largest absolute Gasteiger partial charge is 0.403 e. The van der Waals surface area contributed by atoms with Gasteiger partial charge in [0.1, 0.15) is 5.82 Å². The molecule has 0 bridgehead atoms. The van der Waals surface area contributed by atoms with E-state index in [1.165, 1.54) is 6.07 Å². The number of nitrogens with zero attached hydrogens (tertiary/aromatic N) is 5. The van der Waals surface area contributed by atoms with Crippen molar-refractivity contribution in [3.8, 4) is 11.3 Å². The standard InChI is InChI=1S/C21H20FN5O2/c1-13-11-25(2)8-9-27(13)18-6-5-14-10-15(21(28)29-20(14)24-18)17-12-26-7-3-4-16(22)19(26)23-17/h3-7,10,12-13H,8-9,11H2,1-2H3. The van der Waals surface area contributed by atoms with Gasteiger partial charge in [-0.05, 0) is 44.3 Å². The Hall–Kier alpha value is -3.26. The molecule has 1 aliphatic heterocycles. The fourth-order valence-corrected chi connectivity index (χ4v) is 3.92. The lowest BCUT2D eigenvalue weighted by atomic mass is 10.1. The quantitative estimate of drug-likeness (QED) is 0.522. The van der Waals surface area contributed by atoms with Crippen molar-refractivity contribution < 1.29 is 8.81 Å². The molecule has 0 spiro atoms. The van der Waals surface area contributed by atoms with Crippen LogP contribution in [-0.4, -0.2) is 52.0 Å². The van der Waals surface area contributed by atoms with Crippen LogP contribution in [0, 0.1) is 5.82 Å². The van der Waals surface area contributed by atoms with Crippen molar-refractivity contribution in [3.05, 3.63) is 59.0 Å². The predicted molar refractivity (Wildman–Crippen MR) is 109 cm³/mol. The van der Waals surface area contributed by atoms with Crippen molar-refractivity contribution in [2.45, 2.75) is 13.0 Å². The molecule has 0 aromatic carbocycles. The second kappa shape index (κ2) is 6.66. The monoisotopic (exact) mass is 393 g/mol. The van der Waals surface area contributed by atoms with Gasteiger partial charge in [-0.3, -0.25) is 0 Å². The van der Waals surface area contributed by atoms with Gasteiger partial charge in [0.15, 0.2) is 11.5 Å². The molecule has 4 aromatic heterocycles. The Kier molecular flexibility index (Phi) is 4.09. The summed E-state index contributed by atoms with van der Waals surface area (Å²) < 4.78 is 21.0. The molecule has 5 heterocycles. The second-order valence-electron chi connectivity index (χ2n) is 7.53. The van der Waals surface area contributed by atoms with Crippen LogP contribution in [0.25, 0.3) is 28.0 Å². The van der Waals surface area contributed by atoms with E-state index in [9.17, 15) is 9.18 Å². The van der Waals surface area contributed by atoms with Crippen molar-refractivity contribution >= 4 is 22.6 Å². The van der Waals surface area contributed by atoms with Gasteiger partial charge < -0.3 is 18.6 Å². The van der Waals surface area contributed by atoms with Crippen LogP contribution in [0.2, 0.25) is 0 Å². The first-order chi connectivity index (χ1) is 14.0. The highest BCUT2D eigenvalue weighted by Gasteiger charge is 2.23.